The van der Waals surface area contributed by atoms with Gasteiger partial charge in [-0.3, -0.25) is 38.6 Å². The lowest BCUT2D eigenvalue weighted by Crippen LogP contribution is -2.59. The van der Waals surface area contributed by atoms with Gasteiger partial charge in [0.25, 0.3) is 11.8 Å². The zero-order chi connectivity index (χ0) is 26.8. The fraction of sp³-hybridized carbons (Fsp3) is 0.593. The summed E-state index contributed by atoms with van der Waals surface area (Å²) in [6, 6.07) is 4.10. The minimum Gasteiger partial charge on any atom is -0.319 e. The molecular formula is C27H33N5O6. The Bertz CT molecular complexity index is 1040. The van der Waals surface area contributed by atoms with E-state index >= 15 is 0 Å². The van der Waals surface area contributed by atoms with E-state index in [2.05, 4.69) is 4.98 Å². The van der Waals surface area contributed by atoms with Crippen molar-refractivity contribution in [2.24, 2.45) is 0 Å². The lowest BCUT2D eigenvalue weighted by Gasteiger charge is -2.39. The van der Waals surface area contributed by atoms with E-state index in [9.17, 15) is 28.8 Å². The Morgan fingerprint density at radius 1 is 0.579 bits per heavy atom. The second-order valence-corrected chi connectivity index (χ2v) is 10.6. The molecule has 5 rings (SSSR count). The molecule has 0 radical (unpaired) electrons. The molecule has 0 N–H and O–H groups in total. The Morgan fingerprint density at radius 3 is 1.26 bits per heavy atom. The van der Waals surface area contributed by atoms with Crippen molar-refractivity contribution in [3.05, 3.63) is 29.6 Å². The summed E-state index contributed by atoms with van der Waals surface area (Å²) < 4.78 is 0. The van der Waals surface area contributed by atoms with Gasteiger partial charge in [0.05, 0.1) is 0 Å². The molecule has 0 spiro atoms. The van der Waals surface area contributed by atoms with E-state index in [-0.39, 0.29) is 49.7 Å². The van der Waals surface area contributed by atoms with Crippen molar-refractivity contribution >= 4 is 35.4 Å². The number of aromatic nitrogens is 1. The number of carbonyl (C=O) groups excluding carboxylic acids is 6. The molecule has 2 aliphatic heterocycles. The molecule has 2 saturated heterocycles. The van der Waals surface area contributed by atoms with Gasteiger partial charge in [0.15, 0.2) is 0 Å². The monoisotopic (exact) mass is 523 g/mol. The predicted molar refractivity (Wildman–Crippen MR) is 133 cm³/mol. The molecule has 0 atom stereocenters. The molecule has 2 saturated carbocycles. The number of hydrogen-bond acceptors (Lipinski definition) is 7. The van der Waals surface area contributed by atoms with Crippen LogP contribution in [-0.4, -0.2) is 98.3 Å². The Balaban J connectivity index is 1.24. The number of carbonyl (C=O) groups is 6. The number of piperazine rings is 2. The molecular weight excluding hydrogens is 490 g/mol. The quantitative estimate of drug-likeness (QED) is 0.545. The van der Waals surface area contributed by atoms with Crippen molar-refractivity contribution in [3.63, 3.8) is 0 Å². The third-order valence-electron chi connectivity index (χ3n) is 8.02. The van der Waals surface area contributed by atoms with Crippen LogP contribution in [0.3, 0.4) is 0 Å². The smallest absolute Gasteiger partial charge is 0.273 e. The van der Waals surface area contributed by atoms with Gasteiger partial charge in [0.2, 0.25) is 23.6 Å². The largest absolute Gasteiger partial charge is 0.319 e. The van der Waals surface area contributed by atoms with Gasteiger partial charge in [-0.15, -0.1) is 0 Å². The van der Waals surface area contributed by atoms with Crippen molar-refractivity contribution in [1.29, 1.82) is 0 Å². The van der Waals surface area contributed by atoms with Crippen molar-refractivity contribution in [1.82, 2.24) is 24.6 Å². The van der Waals surface area contributed by atoms with Crippen LogP contribution in [0.4, 0.5) is 0 Å². The first-order chi connectivity index (χ1) is 18.3. The molecule has 1 aromatic rings. The van der Waals surface area contributed by atoms with Gasteiger partial charge < -0.3 is 9.80 Å². The topological polar surface area (TPSA) is 128 Å². The zero-order valence-corrected chi connectivity index (χ0v) is 21.5. The van der Waals surface area contributed by atoms with Crippen LogP contribution < -0.4 is 0 Å². The van der Waals surface area contributed by atoms with Crippen LogP contribution in [0.1, 0.15) is 85.2 Å². The van der Waals surface area contributed by atoms with Gasteiger partial charge in [0.1, 0.15) is 37.6 Å². The molecule has 11 nitrogen and oxygen atoms in total. The number of amides is 6. The maximum absolute atomic E-state index is 13.1. The van der Waals surface area contributed by atoms with Crippen molar-refractivity contribution in [3.8, 4) is 0 Å². The van der Waals surface area contributed by atoms with Crippen LogP contribution in [0.15, 0.2) is 18.2 Å². The molecule has 0 aromatic carbocycles. The van der Waals surface area contributed by atoms with Crippen molar-refractivity contribution in [2.45, 2.75) is 76.3 Å². The number of imide groups is 2. The van der Waals surface area contributed by atoms with Crippen LogP contribution in [0.5, 0.6) is 0 Å². The molecule has 3 heterocycles. The van der Waals surface area contributed by atoms with Gasteiger partial charge >= 0.3 is 0 Å². The fourth-order valence-electron chi connectivity index (χ4n) is 6.12. The summed E-state index contributed by atoms with van der Waals surface area (Å²) in [6.45, 7) is -0.916. The maximum Gasteiger partial charge on any atom is 0.273 e. The molecule has 38 heavy (non-hydrogen) atoms. The summed E-state index contributed by atoms with van der Waals surface area (Å²) in [5, 5.41) is 0. The molecule has 0 unspecified atom stereocenters. The highest BCUT2D eigenvalue weighted by Crippen LogP contribution is 2.26. The first kappa shape index (κ1) is 26.0. The Hall–Kier alpha value is -3.63. The molecule has 6 amide bonds. The summed E-state index contributed by atoms with van der Waals surface area (Å²) in [5.74, 6) is -2.86. The molecule has 11 heteroatoms. The van der Waals surface area contributed by atoms with Gasteiger partial charge in [0, 0.05) is 12.1 Å². The van der Waals surface area contributed by atoms with Gasteiger partial charge in [-0.25, -0.2) is 4.98 Å². The Kier molecular flexibility index (Phi) is 7.53. The van der Waals surface area contributed by atoms with E-state index < -0.39 is 35.4 Å². The lowest BCUT2D eigenvalue weighted by atomic mass is 9.93. The molecule has 4 fully saturated rings. The molecule has 4 aliphatic rings. The average Bonchev–Trinajstić information content (AvgIpc) is 2.92. The predicted octanol–water partition coefficient (Wildman–Crippen LogP) is 1.37. The molecule has 1 aromatic heterocycles. The van der Waals surface area contributed by atoms with Crippen LogP contribution >= 0.6 is 0 Å². The van der Waals surface area contributed by atoms with E-state index in [4.69, 9.17) is 0 Å². The zero-order valence-electron chi connectivity index (χ0n) is 21.5. The number of nitrogens with zero attached hydrogens (tertiary/aromatic N) is 5. The van der Waals surface area contributed by atoms with Gasteiger partial charge in [-0.2, -0.15) is 0 Å². The standard InChI is InChI=1S/C27H33N5O6/c33-22-14-29(15-23(34)31(22)18-8-3-1-4-9-18)26(37)20-12-7-13-21(28-20)27(38)30-16-24(35)32(25(36)17-30)19-10-5-2-6-11-19/h7,12-13,18-19H,1-6,8-11,14-17H2. The Morgan fingerprint density at radius 2 is 0.921 bits per heavy atom. The summed E-state index contributed by atoms with van der Waals surface area (Å²) in [7, 11) is 0. The van der Waals surface area contributed by atoms with Gasteiger partial charge in [-0.1, -0.05) is 44.6 Å². The Labute approximate surface area is 221 Å². The first-order valence-electron chi connectivity index (χ1n) is 13.6. The third kappa shape index (κ3) is 5.19. The van der Waals surface area contributed by atoms with E-state index in [0.29, 0.717) is 0 Å². The first-order valence-corrected chi connectivity index (χ1v) is 13.6. The van der Waals surface area contributed by atoms with E-state index in [1.807, 2.05) is 0 Å². The van der Waals surface area contributed by atoms with Gasteiger partial charge in [-0.05, 0) is 37.8 Å². The molecule has 0 bridgehead atoms. The normalized spacial score (nSPS) is 22.3. The van der Waals surface area contributed by atoms with Crippen LogP contribution in [0, 0.1) is 0 Å². The highest BCUT2D eigenvalue weighted by molar-refractivity contribution is 6.07. The average molecular weight is 524 g/mol. The molecule has 202 valence electrons. The highest BCUT2D eigenvalue weighted by Gasteiger charge is 2.40. The van der Waals surface area contributed by atoms with Crippen molar-refractivity contribution in [2.75, 3.05) is 26.2 Å². The number of rotatable bonds is 4. The molecule has 2 aliphatic carbocycles. The second kappa shape index (κ2) is 11.0. The van der Waals surface area contributed by atoms with Crippen molar-refractivity contribution < 1.29 is 28.8 Å². The van der Waals surface area contributed by atoms with E-state index in [1.165, 1.54) is 28.0 Å². The minimum absolute atomic E-state index is 0.0824. The lowest BCUT2D eigenvalue weighted by molar-refractivity contribution is -0.155. The summed E-state index contributed by atoms with van der Waals surface area (Å²) in [4.78, 5) is 86.6. The third-order valence-corrected chi connectivity index (χ3v) is 8.02. The van der Waals surface area contributed by atoms with Crippen LogP contribution in [0.2, 0.25) is 0 Å². The number of hydrogen-bond donors (Lipinski definition) is 0. The van der Waals surface area contributed by atoms with Crippen LogP contribution in [-0.2, 0) is 19.2 Å². The second-order valence-electron chi connectivity index (χ2n) is 10.6. The SMILES string of the molecule is O=C(c1cccc(C(=O)N2CC(=O)N(C3CCCCC3)C(=O)C2)n1)N1CC(=O)N(C2CCCCC2)C(=O)C1. The fourth-order valence-corrected chi connectivity index (χ4v) is 6.12. The van der Waals surface area contributed by atoms with Crippen LogP contribution in [0.25, 0.3) is 0 Å². The summed E-state index contributed by atoms with van der Waals surface area (Å²) in [6.07, 6.45) is 9.24. The minimum atomic E-state index is -0.626. The maximum atomic E-state index is 13.1. The summed E-state index contributed by atoms with van der Waals surface area (Å²) in [5.41, 5.74) is -0.165. The highest BCUT2D eigenvalue weighted by atomic mass is 16.2. The van der Waals surface area contributed by atoms with E-state index in [1.54, 1.807) is 0 Å². The van der Waals surface area contributed by atoms with E-state index in [0.717, 1.165) is 74.0 Å². The summed E-state index contributed by atoms with van der Waals surface area (Å²) >= 11 is 0. The number of pyridine rings is 1.